The molecule has 1 N–H and O–H groups in total. The SMILES string of the molecule is CC1(C)CN(C(=O)C(=O)N2CCNCC2)CCO1. The fourth-order valence-corrected chi connectivity index (χ4v) is 2.33. The number of hydrogen-bond acceptors (Lipinski definition) is 4. The van der Waals surface area contributed by atoms with Crippen LogP contribution in [0.5, 0.6) is 0 Å². The highest BCUT2D eigenvalue weighted by Crippen LogP contribution is 2.16. The number of morpholine rings is 1. The second-order valence-electron chi connectivity index (χ2n) is 5.38. The second-order valence-corrected chi connectivity index (χ2v) is 5.38. The van der Waals surface area contributed by atoms with Gasteiger partial charge in [-0.3, -0.25) is 9.59 Å². The molecular formula is C12H21N3O3. The molecular weight excluding hydrogens is 234 g/mol. The number of carbonyl (C=O) groups is 2. The molecule has 0 aromatic carbocycles. The van der Waals surface area contributed by atoms with Crippen LogP contribution >= 0.6 is 0 Å². The monoisotopic (exact) mass is 255 g/mol. The Morgan fingerprint density at radius 1 is 1.06 bits per heavy atom. The Labute approximate surface area is 107 Å². The summed E-state index contributed by atoms with van der Waals surface area (Å²) in [5.41, 5.74) is -0.363. The number of rotatable bonds is 0. The zero-order chi connectivity index (χ0) is 13.2. The van der Waals surface area contributed by atoms with E-state index in [9.17, 15) is 9.59 Å². The minimum atomic E-state index is -0.395. The van der Waals surface area contributed by atoms with E-state index in [-0.39, 0.29) is 11.5 Å². The predicted molar refractivity (Wildman–Crippen MR) is 66.1 cm³/mol. The van der Waals surface area contributed by atoms with E-state index in [1.807, 2.05) is 13.8 Å². The van der Waals surface area contributed by atoms with Crippen molar-refractivity contribution < 1.29 is 14.3 Å². The topological polar surface area (TPSA) is 61.9 Å². The van der Waals surface area contributed by atoms with Gasteiger partial charge in [0.1, 0.15) is 0 Å². The summed E-state index contributed by atoms with van der Waals surface area (Å²) in [6, 6.07) is 0. The first-order chi connectivity index (χ1) is 8.49. The maximum absolute atomic E-state index is 12.1. The number of ether oxygens (including phenoxy) is 1. The first kappa shape index (κ1) is 13.3. The molecule has 2 aliphatic rings. The number of piperazine rings is 1. The molecule has 0 bridgehead atoms. The third kappa shape index (κ3) is 3.00. The number of carbonyl (C=O) groups excluding carboxylic acids is 2. The summed E-state index contributed by atoms with van der Waals surface area (Å²) < 4.78 is 5.54. The summed E-state index contributed by atoms with van der Waals surface area (Å²) in [5.74, 6) is -0.775. The van der Waals surface area contributed by atoms with E-state index < -0.39 is 5.91 Å². The Balaban J connectivity index is 1.95. The molecule has 0 radical (unpaired) electrons. The molecule has 2 aliphatic heterocycles. The highest BCUT2D eigenvalue weighted by molar-refractivity contribution is 6.34. The molecule has 2 amide bonds. The van der Waals surface area contributed by atoms with Crippen LogP contribution in [0.1, 0.15) is 13.8 Å². The Kier molecular flexibility index (Phi) is 3.87. The van der Waals surface area contributed by atoms with E-state index in [2.05, 4.69) is 5.32 Å². The molecule has 2 fully saturated rings. The van der Waals surface area contributed by atoms with Crippen LogP contribution in [0.15, 0.2) is 0 Å². The van der Waals surface area contributed by atoms with Crippen LogP contribution in [0.25, 0.3) is 0 Å². The lowest BCUT2D eigenvalue weighted by atomic mass is 10.1. The fourth-order valence-electron chi connectivity index (χ4n) is 2.33. The van der Waals surface area contributed by atoms with Crippen molar-refractivity contribution in [2.75, 3.05) is 45.9 Å². The van der Waals surface area contributed by atoms with Crippen LogP contribution in [0.3, 0.4) is 0 Å². The van der Waals surface area contributed by atoms with Gasteiger partial charge in [0.05, 0.1) is 12.2 Å². The van der Waals surface area contributed by atoms with E-state index in [4.69, 9.17) is 4.74 Å². The maximum Gasteiger partial charge on any atom is 0.312 e. The van der Waals surface area contributed by atoms with Gasteiger partial charge in [-0.25, -0.2) is 0 Å². The van der Waals surface area contributed by atoms with Gasteiger partial charge in [0.15, 0.2) is 0 Å². The molecule has 2 rings (SSSR count). The van der Waals surface area contributed by atoms with Crippen molar-refractivity contribution in [3.8, 4) is 0 Å². The zero-order valence-electron chi connectivity index (χ0n) is 11.1. The van der Waals surface area contributed by atoms with Crippen LogP contribution in [-0.2, 0) is 14.3 Å². The average molecular weight is 255 g/mol. The smallest absolute Gasteiger partial charge is 0.312 e. The van der Waals surface area contributed by atoms with E-state index >= 15 is 0 Å². The Morgan fingerprint density at radius 3 is 2.28 bits per heavy atom. The first-order valence-electron chi connectivity index (χ1n) is 6.42. The van der Waals surface area contributed by atoms with Gasteiger partial charge in [-0.1, -0.05) is 0 Å². The van der Waals surface area contributed by atoms with Crippen molar-refractivity contribution in [1.29, 1.82) is 0 Å². The summed E-state index contributed by atoms with van der Waals surface area (Å²) in [5, 5.41) is 3.16. The van der Waals surface area contributed by atoms with Crippen molar-refractivity contribution in [2.24, 2.45) is 0 Å². The van der Waals surface area contributed by atoms with Crippen LogP contribution in [0.4, 0.5) is 0 Å². The van der Waals surface area contributed by atoms with Gasteiger partial charge in [-0.15, -0.1) is 0 Å². The van der Waals surface area contributed by atoms with Crippen molar-refractivity contribution in [3.05, 3.63) is 0 Å². The summed E-state index contributed by atoms with van der Waals surface area (Å²) in [6.07, 6.45) is 0. The van der Waals surface area contributed by atoms with Crippen LogP contribution in [0.2, 0.25) is 0 Å². The number of nitrogens with zero attached hydrogens (tertiary/aromatic N) is 2. The van der Waals surface area contributed by atoms with Crippen LogP contribution < -0.4 is 5.32 Å². The van der Waals surface area contributed by atoms with E-state index in [1.54, 1.807) is 9.80 Å². The standard InChI is InChI=1S/C12H21N3O3/c1-12(2)9-15(7-8-18-12)11(17)10(16)14-5-3-13-4-6-14/h13H,3-9H2,1-2H3. The predicted octanol–water partition coefficient (Wildman–Crippen LogP) is -0.944. The third-order valence-corrected chi connectivity index (χ3v) is 3.30. The van der Waals surface area contributed by atoms with Crippen LogP contribution in [-0.4, -0.2) is 73.1 Å². The Hall–Kier alpha value is -1.14. The van der Waals surface area contributed by atoms with Gasteiger partial charge in [-0.2, -0.15) is 0 Å². The van der Waals surface area contributed by atoms with Gasteiger partial charge in [0.25, 0.3) is 0 Å². The largest absolute Gasteiger partial charge is 0.372 e. The summed E-state index contributed by atoms with van der Waals surface area (Å²) in [7, 11) is 0. The van der Waals surface area contributed by atoms with Gasteiger partial charge in [-0.05, 0) is 13.8 Å². The zero-order valence-corrected chi connectivity index (χ0v) is 11.1. The Bertz CT molecular complexity index is 337. The number of amides is 2. The van der Waals surface area contributed by atoms with Gasteiger partial charge in [0.2, 0.25) is 0 Å². The second kappa shape index (κ2) is 5.24. The lowest BCUT2D eigenvalue weighted by Gasteiger charge is -2.38. The molecule has 2 saturated heterocycles. The summed E-state index contributed by atoms with van der Waals surface area (Å²) in [6.45, 7) is 8.07. The molecule has 6 heteroatoms. The van der Waals surface area contributed by atoms with Crippen molar-refractivity contribution >= 4 is 11.8 Å². The molecule has 2 heterocycles. The molecule has 0 aromatic heterocycles. The van der Waals surface area contributed by atoms with Crippen molar-refractivity contribution in [1.82, 2.24) is 15.1 Å². The normalized spacial score (nSPS) is 23.9. The van der Waals surface area contributed by atoms with E-state index in [0.717, 1.165) is 13.1 Å². The molecule has 18 heavy (non-hydrogen) atoms. The van der Waals surface area contributed by atoms with Gasteiger partial charge < -0.3 is 19.9 Å². The lowest BCUT2D eigenvalue weighted by Crippen LogP contribution is -2.56. The minimum absolute atomic E-state index is 0.363. The van der Waals surface area contributed by atoms with Crippen molar-refractivity contribution in [2.45, 2.75) is 19.4 Å². The van der Waals surface area contributed by atoms with Gasteiger partial charge in [0, 0.05) is 39.3 Å². The number of hydrogen-bond donors (Lipinski definition) is 1. The minimum Gasteiger partial charge on any atom is -0.372 e. The molecule has 0 saturated carbocycles. The first-order valence-corrected chi connectivity index (χ1v) is 6.42. The molecule has 0 aliphatic carbocycles. The third-order valence-electron chi connectivity index (χ3n) is 3.30. The highest BCUT2D eigenvalue weighted by atomic mass is 16.5. The molecule has 0 atom stereocenters. The molecule has 6 nitrogen and oxygen atoms in total. The number of nitrogens with one attached hydrogen (secondary N) is 1. The van der Waals surface area contributed by atoms with Gasteiger partial charge >= 0.3 is 11.8 Å². The molecule has 0 unspecified atom stereocenters. The molecule has 102 valence electrons. The van der Waals surface area contributed by atoms with Crippen molar-refractivity contribution in [3.63, 3.8) is 0 Å². The van der Waals surface area contributed by atoms with Crippen LogP contribution in [0, 0.1) is 0 Å². The maximum atomic E-state index is 12.1. The lowest BCUT2D eigenvalue weighted by molar-refractivity contribution is -0.160. The highest BCUT2D eigenvalue weighted by Gasteiger charge is 2.34. The Morgan fingerprint density at radius 2 is 1.67 bits per heavy atom. The average Bonchev–Trinajstić information content (AvgIpc) is 2.37. The van der Waals surface area contributed by atoms with E-state index in [1.165, 1.54) is 0 Å². The van der Waals surface area contributed by atoms with E-state index in [0.29, 0.717) is 32.8 Å². The summed E-state index contributed by atoms with van der Waals surface area (Å²) >= 11 is 0. The fraction of sp³-hybridized carbons (Fsp3) is 0.833. The quantitative estimate of drug-likeness (QED) is 0.567. The molecule has 0 aromatic rings. The summed E-state index contributed by atoms with van der Waals surface area (Å²) in [4.78, 5) is 27.4. The molecule has 0 spiro atoms.